The van der Waals surface area contributed by atoms with Crippen LogP contribution in [0.1, 0.15) is 25.0 Å². The van der Waals surface area contributed by atoms with Crippen LogP contribution in [0.5, 0.6) is 0 Å². The Morgan fingerprint density at radius 1 is 0.938 bits per heavy atom. The first-order valence-corrected chi connectivity index (χ1v) is 8.78. The maximum atomic E-state index is 13.6. The van der Waals surface area contributed by atoms with Crippen LogP contribution in [0.3, 0.4) is 0 Å². The van der Waals surface area contributed by atoms with Gasteiger partial charge in [0.25, 0.3) is 11.6 Å². The highest BCUT2D eigenvalue weighted by Gasteiger charge is 2.55. The normalized spacial score (nSPS) is 16.6. The SMILES string of the molecule is CC1(C)C(=O)N(c2cccc(C(F)(F)F)c2)C(=O)N1c1ccc([N+](=O)[O-])cc1C(F)(F)F. The lowest BCUT2D eigenvalue weighted by atomic mass is 10.0. The quantitative estimate of drug-likeness (QED) is 0.266. The van der Waals surface area contributed by atoms with E-state index in [2.05, 4.69) is 0 Å². The molecule has 13 heteroatoms. The van der Waals surface area contributed by atoms with Gasteiger partial charge in [-0.2, -0.15) is 26.3 Å². The van der Waals surface area contributed by atoms with Gasteiger partial charge in [0.15, 0.2) is 0 Å². The number of carbonyl (C=O) groups excluding carboxylic acids is 2. The van der Waals surface area contributed by atoms with Gasteiger partial charge in [-0.1, -0.05) is 6.07 Å². The molecule has 0 aromatic heterocycles. The number of nitro groups is 1. The van der Waals surface area contributed by atoms with E-state index < -0.39 is 62.9 Å². The maximum absolute atomic E-state index is 13.6. The molecule has 1 saturated heterocycles. The molecule has 3 amide bonds. The topological polar surface area (TPSA) is 83.8 Å². The number of halogens is 6. The Hall–Kier alpha value is -3.64. The van der Waals surface area contributed by atoms with Crippen molar-refractivity contribution in [2.75, 3.05) is 9.80 Å². The number of rotatable bonds is 3. The molecule has 1 heterocycles. The summed E-state index contributed by atoms with van der Waals surface area (Å²) in [5, 5.41) is 10.9. The molecule has 3 rings (SSSR count). The summed E-state index contributed by atoms with van der Waals surface area (Å²) in [6.07, 6.45) is -9.93. The first kappa shape index (κ1) is 23.0. The number of benzene rings is 2. The molecule has 1 aliphatic heterocycles. The van der Waals surface area contributed by atoms with Gasteiger partial charge in [-0.05, 0) is 38.1 Å². The average molecular weight is 461 g/mol. The van der Waals surface area contributed by atoms with E-state index in [-0.39, 0.29) is 6.07 Å². The van der Waals surface area contributed by atoms with Crippen LogP contribution in [0, 0.1) is 10.1 Å². The molecular formula is C19H13F6N3O4. The van der Waals surface area contributed by atoms with Crippen LogP contribution >= 0.6 is 0 Å². The fourth-order valence-corrected chi connectivity index (χ4v) is 3.31. The van der Waals surface area contributed by atoms with E-state index >= 15 is 0 Å². The third-order valence-corrected chi connectivity index (χ3v) is 4.84. The summed E-state index contributed by atoms with van der Waals surface area (Å²) < 4.78 is 80.1. The highest BCUT2D eigenvalue weighted by Crippen LogP contribution is 2.44. The van der Waals surface area contributed by atoms with Gasteiger partial charge >= 0.3 is 18.4 Å². The van der Waals surface area contributed by atoms with Crippen LogP contribution in [-0.2, 0) is 17.1 Å². The van der Waals surface area contributed by atoms with Gasteiger partial charge in [0, 0.05) is 12.1 Å². The number of urea groups is 1. The lowest BCUT2D eigenvalue weighted by Crippen LogP contribution is -2.45. The zero-order chi connectivity index (χ0) is 24.2. The maximum Gasteiger partial charge on any atom is 0.418 e. The summed E-state index contributed by atoms with van der Waals surface area (Å²) in [7, 11) is 0. The number of hydrogen-bond acceptors (Lipinski definition) is 4. The number of nitro benzene ring substituents is 1. The molecule has 2 aromatic rings. The van der Waals surface area contributed by atoms with E-state index in [0.717, 1.165) is 32.0 Å². The van der Waals surface area contributed by atoms with E-state index in [0.29, 0.717) is 28.0 Å². The van der Waals surface area contributed by atoms with Crippen LogP contribution in [-0.4, -0.2) is 22.4 Å². The molecule has 0 bridgehead atoms. The van der Waals surface area contributed by atoms with E-state index in [1.165, 1.54) is 0 Å². The minimum Gasteiger partial charge on any atom is -0.278 e. The Labute approximate surface area is 176 Å². The van der Waals surface area contributed by atoms with Crippen LogP contribution in [0.2, 0.25) is 0 Å². The molecule has 0 atom stereocenters. The predicted molar refractivity (Wildman–Crippen MR) is 99.0 cm³/mol. The number of alkyl halides is 6. The number of hydrogen-bond donors (Lipinski definition) is 0. The minimum atomic E-state index is -5.13. The summed E-state index contributed by atoms with van der Waals surface area (Å²) in [6.45, 7) is 2.23. The lowest BCUT2D eigenvalue weighted by molar-refractivity contribution is -0.385. The van der Waals surface area contributed by atoms with Gasteiger partial charge in [0.05, 0.1) is 27.4 Å². The van der Waals surface area contributed by atoms with Crippen LogP contribution in [0.25, 0.3) is 0 Å². The van der Waals surface area contributed by atoms with Crippen molar-refractivity contribution in [2.24, 2.45) is 0 Å². The standard InChI is InChI=1S/C19H13F6N3O4/c1-17(2)15(29)26(11-5-3-4-10(8-11)18(20,21)22)16(30)27(17)14-7-6-12(28(31)32)9-13(14)19(23,24)25/h3-9H,1-2H3. The Kier molecular flexibility index (Phi) is 5.19. The number of imide groups is 1. The monoisotopic (exact) mass is 461 g/mol. The van der Waals surface area contributed by atoms with E-state index in [9.17, 15) is 46.0 Å². The molecular weight excluding hydrogens is 448 g/mol. The molecule has 170 valence electrons. The first-order chi connectivity index (χ1) is 14.6. The second kappa shape index (κ2) is 7.21. The van der Waals surface area contributed by atoms with Crippen LogP contribution in [0.4, 0.5) is 48.2 Å². The summed E-state index contributed by atoms with van der Waals surface area (Å²) >= 11 is 0. The molecule has 32 heavy (non-hydrogen) atoms. The highest BCUT2D eigenvalue weighted by atomic mass is 19.4. The summed E-state index contributed by atoms with van der Waals surface area (Å²) in [6, 6.07) is 3.49. The zero-order valence-corrected chi connectivity index (χ0v) is 16.3. The summed E-state index contributed by atoms with van der Waals surface area (Å²) in [5.41, 5.74) is -6.89. The van der Waals surface area contributed by atoms with Gasteiger partial charge in [-0.25, -0.2) is 9.69 Å². The molecule has 0 spiro atoms. The van der Waals surface area contributed by atoms with Gasteiger partial charge in [0.1, 0.15) is 5.54 Å². The number of amides is 3. The Bertz CT molecular complexity index is 1130. The number of non-ortho nitro benzene ring substituents is 1. The van der Waals surface area contributed by atoms with Crippen molar-refractivity contribution in [3.8, 4) is 0 Å². The second-order valence-electron chi connectivity index (χ2n) is 7.32. The number of carbonyl (C=O) groups is 2. The van der Waals surface area contributed by atoms with E-state index in [1.54, 1.807) is 0 Å². The van der Waals surface area contributed by atoms with Gasteiger partial charge in [-0.15, -0.1) is 0 Å². The van der Waals surface area contributed by atoms with Gasteiger partial charge in [0.2, 0.25) is 0 Å². The van der Waals surface area contributed by atoms with Crippen LogP contribution < -0.4 is 9.80 Å². The molecule has 0 unspecified atom stereocenters. The smallest absolute Gasteiger partial charge is 0.278 e. The van der Waals surface area contributed by atoms with E-state index in [1.807, 2.05) is 0 Å². The van der Waals surface area contributed by atoms with Crippen molar-refractivity contribution in [3.05, 3.63) is 63.7 Å². The van der Waals surface area contributed by atoms with E-state index in [4.69, 9.17) is 0 Å². The Morgan fingerprint density at radius 2 is 1.56 bits per heavy atom. The molecule has 1 fully saturated rings. The zero-order valence-electron chi connectivity index (χ0n) is 16.3. The molecule has 7 nitrogen and oxygen atoms in total. The molecule has 0 N–H and O–H groups in total. The summed E-state index contributed by atoms with van der Waals surface area (Å²) in [4.78, 5) is 36.6. The molecule has 0 saturated carbocycles. The second-order valence-corrected chi connectivity index (χ2v) is 7.32. The third-order valence-electron chi connectivity index (χ3n) is 4.84. The lowest BCUT2D eigenvalue weighted by Gasteiger charge is -2.29. The molecule has 0 aliphatic carbocycles. The van der Waals surface area contributed by atoms with Crippen molar-refractivity contribution in [1.82, 2.24) is 0 Å². The predicted octanol–water partition coefficient (Wildman–Crippen LogP) is 5.38. The minimum absolute atomic E-state index is 0.218. The molecule has 2 aromatic carbocycles. The first-order valence-electron chi connectivity index (χ1n) is 8.78. The average Bonchev–Trinajstić information content (AvgIpc) is 2.84. The van der Waals surface area contributed by atoms with Crippen molar-refractivity contribution in [1.29, 1.82) is 0 Å². The molecule has 0 radical (unpaired) electrons. The Balaban J connectivity index is 2.18. The van der Waals surface area contributed by atoms with Gasteiger partial charge < -0.3 is 0 Å². The number of nitrogens with zero attached hydrogens (tertiary/aromatic N) is 3. The van der Waals surface area contributed by atoms with Crippen molar-refractivity contribution >= 4 is 29.0 Å². The fraction of sp³-hybridized carbons (Fsp3) is 0.263. The Morgan fingerprint density at radius 3 is 2.09 bits per heavy atom. The van der Waals surface area contributed by atoms with Crippen LogP contribution in [0.15, 0.2) is 42.5 Å². The van der Waals surface area contributed by atoms with Crippen molar-refractivity contribution in [2.45, 2.75) is 31.7 Å². The summed E-state index contributed by atoms with van der Waals surface area (Å²) in [5.74, 6) is -1.08. The van der Waals surface area contributed by atoms with Gasteiger partial charge in [-0.3, -0.25) is 19.8 Å². The largest absolute Gasteiger partial charge is 0.418 e. The molecule has 1 aliphatic rings. The number of anilines is 2. The van der Waals surface area contributed by atoms with Crippen molar-refractivity contribution < 1.29 is 40.9 Å². The fourth-order valence-electron chi connectivity index (χ4n) is 3.31. The van der Waals surface area contributed by atoms with Crippen molar-refractivity contribution in [3.63, 3.8) is 0 Å². The highest BCUT2D eigenvalue weighted by molar-refractivity contribution is 6.30. The third kappa shape index (κ3) is 3.74.